The number of benzene rings is 1. The van der Waals surface area contributed by atoms with Gasteiger partial charge in [-0.05, 0) is 52.9 Å². The Morgan fingerprint density at radius 3 is 3.09 bits per heavy atom. The second-order valence-electron chi connectivity index (χ2n) is 5.40. The van der Waals surface area contributed by atoms with Gasteiger partial charge >= 0.3 is 0 Å². The molecule has 0 saturated carbocycles. The van der Waals surface area contributed by atoms with E-state index in [-0.39, 0.29) is 0 Å². The van der Waals surface area contributed by atoms with Crippen LogP contribution in [0.2, 0.25) is 0 Å². The van der Waals surface area contributed by atoms with E-state index in [0.717, 1.165) is 17.3 Å². The van der Waals surface area contributed by atoms with Crippen LogP contribution in [0.3, 0.4) is 0 Å². The molecule has 2 aromatic heterocycles. The van der Waals surface area contributed by atoms with Crippen LogP contribution in [0.15, 0.2) is 52.2 Å². The van der Waals surface area contributed by atoms with Gasteiger partial charge in [0.2, 0.25) is 5.16 Å². The monoisotopic (exact) mass is 312 g/mol. The average Bonchev–Trinajstić information content (AvgIpc) is 3.21. The van der Waals surface area contributed by atoms with Crippen LogP contribution in [0, 0.1) is 0 Å². The lowest BCUT2D eigenvalue weighted by Gasteiger charge is -2.24. The Bertz CT molecular complexity index is 753. The third-order valence-corrected chi connectivity index (χ3v) is 5.22. The second kappa shape index (κ2) is 5.96. The zero-order valence-electron chi connectivity index (χ0n) is 12.1. The zero-order chi connectivity index (χ0) is 14.8. The highest BCUT2D eigenvalue weighted by Gasteiger charge is 2.23. The summed E-state index contributed by atoms with van der Waals surface area (Å²) in [6, 6.07) is 12.5. The maximum atomic E-state index is 5.38. The first kappa shape index (κ1) is 13.6. The van der Waals surface area contributed by atoms with E-state index in [0.29, 0.717) is 11.8 Å². The molecular formula is C16H16N4OS. The van der Waals surface area contributed by atoms with Crippen LogP contribution < -0.4 is 0 Å². The number of aromatic nitrogens is 4. The van der Waals surface area contributed by atoms with Crippen LogP contribution in [-0.4, -0.2) is 20.2 Å². The molecule has 0 amide bonds. The van der Waals surface area contributed by atoms with Crippen LogP contribution in [0.25, 0.3) is 0 Å². The van der Waals surface area contributed by atoms with Crippen LogP contribution in [-0.2, 0) is 13.0 Å². The number of aryl methyl sites for hydroxylation is 1. The Hall–Kier alpha value is -2.08. The minimum Gasteiger partial charge on any atom is -0.467 e. The van der Waals surface area contributed by atoms with Gasteiger partial charge in [0.25, 0.3) is 0 Å². The quantitative estimate of drug-likeness (QED) is 0.738. The zero-order valence-corrected chi connectivity index (χ0v) is 12.9. The molecule has 5 nitrogen and oxygen atoms in total. The molecule has 22 heavy (non-hydrogen) atoms. The number of hydrogen-bond donors (Lipinski definition) is 0. The summed E-state index contributed by atoms with van der Waals surface area (Å²) < 4.78 is 7.19. The Morgan fingerprint density at radius 1 is 1.23 bits per heavy atom. The lowest BCUT2D eigenvalue weighted by molar-refractivity contribution is 0.462. The van der Waals surface area contributed by atoms with Gasteiger partial charge in [-0.3, -0.25) is 0 Å². The second-order valence-corrected chi connectivity index (χ2v) is 6.57. The van der Waals surface area contributed by atoms with E-state index in [1.54, 1.807) is 22.7 Å². The van der Waals surface area contributed by atoms with Gasteiger partial charge in [0.05, 0.1) is 6.26 Å². The van der Waals surface area contributed by atoms with E-state index in [4.69, 9.17) is 4.42 Å². The summed E-state index contributed by atoms with van der Waals surface area (Å²) in [5, 5.41) is 13.4. The van der Waals surface area contributed by atoms with Crippen LogP contribution in [0.1, 0.15) is 35.0 Å². The molecule has 0 spiro atoms. The van der Waals surface area contributed by atoms with Gasteiger partial charge in [0, 0.05) is 5.25 Å². The molecule has 1 aliphatic carbocycles. The third kappa shape index (κ3) is 2.66. The maximum absolute atomic E-state index is 5.38. The van der Waals surface area contributed by atoms with Gasteiger partial charge in [-0.1, -0.05) is 36.0 Å². The lowest BCUT2D eigenvalue weighted by Crippen LogP contribution is -2.09. The SMILES string of the molecule is c1coc(Cn2nnnc2SC2CCCc3ccccc32)c1. The van der Waals surface area contributed by atoms with Crippen molar-refractivity contribution in [2.45, 2.75) is 36.2 Å². The fourth-order valence-electron chi connectivity index (χ4n) is 2.89. The summed E-state index contributed by atoms with van der Waals surface area (Å²) in [4.78, 5) is 0. The lowest BCUT2D eigenvalue weighted by atomic mass is 9.91. The number of nitrogens with zero attached hydrogens (tertiary/aromatic N) is 4. The highest BCUT2D eigenvalue weighted by molar-refractivity contribution is 7.99. The predicted octanol–water partition coefficient (Wildman–Crippen LogP) is 3.48. The topological polar surface area (TPSA) is 56.7 Å². The summed E-state index contributed by atoms with van der Waals surface area (Å²) in [6.07, 6.45) is 5.22. The van der Waals surface area contributed by atoms with Crippen LogP contribution in [0.5, 0.6) is 0 Å². The highest BCUT2D eigenvalue weighted by Crippen LogP contribution is 2.42. The first-order valence-electron chi connectivity index (χ1n) is 7.43. The smallest absolute Gasteiger partial charge is 0.210 e. The summed E-state index contributed by atoms with van der Waals surface area (Å²) in [7, 11) is 0. The van der Waals surface area contributed by atoms with Crippen molar-refractivity contribution in [2.24, 2.45) is 0 Å². The fourth-order valence-corrected chi connectivity index (χ4v) is 4.09. The van der Waals surface area contributed by atoms with E-state index >= 15 is 0 Å². The van der Waals surface area contributed by atoms with E-state index < -0.39 is 0 Å². The number of fused-ring (bicyclic) bond motifs is 1. The fraction of sp³-hybridized carbons (Fsp3) is 0.312. The Kier molecular flexibility index (Phi) is 3.68. The summed E-state index contributed by atoms with van der Waals surface area (Å²) in [5.74, 6) is 0.859. The molecule has 0 radical (unpaired) electrons. The molecule has 4 rings (SSSR count). The number of tetrazole rings is 1. The summed E-state index contributed by atoms with van der Waals surface area (Å²) >= 11 is 1.75. The molecule has 0 fully saturated rings. The molecule has 1 aromatic carbocycles. The average molecular weight is 312 g/mol. The largest absolute Gasteiger partial charge is 0.467 e. The third-order valence-electron chi connectivity index (χ3n) is 3.95. The van der Waals surface area contributed by atoms with E-state index in [1.165, 1.54) is 24.0 Å². The molecule has 3 aromatic rings. The molecule has 1 aliphatic rings. The van der Waals surface area contributed by atoms with Crippen LogP contribution >= 0.6 is 11.8 Å². The van der Waals surface area contributed by atoms with Gasteiger partial charge in [0.15, 0.2) is 0 Å². The molecule has 112 valence electrons. The number of hydrogen-bond acceptors (Lipinski definition) is 5. The minimum absolute atomic E-state index is 0.423. The molecule has 2 heterocycles. The first-order chi connectivity index (χ1) is 10.9. The van der Waals surface area contributed by atoms with Gasteiger partial charge in [-0.2, -0.15) is 0 Å². The van der Waals surface area contributed by atoms with Gasteiger partial charge in [-0.25, -0.2) is 4.68 Å². The molecule has 0 saturated heterocycles. The van der Waals surface area contributed by atoms with Crippen molar-refractivity contribution in [3.05, 3.63) is 59.5 Å². The molecule has 1 atom stereocenters. The van der Waals surface area contributed by atoms with E-state index in [2.05, 4.69) is 39.8 Å². The van der Waals surface area contributed by atoms with E-state index in [9.17, 15) is 0 Å². The van der Waals surface area contributed by atoms with Crippen LogP contribution in [0.4, 0.5) is 0 Å². The van der Waals surface area contributed by atoms with Crippen molar-refractivity contribution < 1.29 is 4.42 Å². The number of thioether (sulfide) groups is 1. The molecule has 0 N–H and O–H groups in total. The minimum atomic E-state index is 0.423. The van der Waals surface area contributed by atoms with Crippen molar-refractivity contribution in [1.82, 2.24) is 20.2 Å². The number of furan rings is 1. The standard InChI is InChI=1S/C16H16N4OS/c1-2-8-14-12(5-1)6-3-9-15(14)22-16-17-18-19-20(16)11-13-7-4-10-21-13/h1-2,4-5,7-8,10,15H,3,6,9,11H2. The first-order valence-corrected chi connectivity index (χ1v) is 8.31. The summed E-state index contributed by atoms with van der Waals surface area (Å²) in [6.45, 7) is 0.566. The van der Waals surface area contributed by atoms with Crippen molar-refractivity contribution in [3.8, 4) is 0 Å². The number of rotatable bonds is 4. The van der Waals surface area contributed by atoms with Crippen molar-refractivity contribution in [2.75, 3.05) is 0 Å². The Balaban J connectivity index is 1.56. The molecule has 0 bridgehead atoms. The molecule has 6 heteroatoms. The van der Waals surface area contributed by atoms with Gasteiger partial charge < -0.3 is 4.42 Å². The van der Waals surface area contributed by atoms with E-state index in [1.807, 2.05) is 12.1 Å². The molecule has 1 unspecified atom stereocenters. The Morgan fingerprint density at radius 2 is 2.18 bits per heavy atom. The van der Waals surface area contributed by atoms with Gasteiger partial charge in [0.1, 0.15) is 12.3 Å². The Labute approximate surface area is 132 Å². The summed E-state index contributed by atoms with van der Waals surface area (Å²) in [5.41, 5.74) is 2.88. The predicted molar refractivity (Wildman–Crippen MR) is 83.6 cm³/mol. The maximum Gasteiger partial charge on any atom is 0.210 e. The molecule has 0 aliphatic heterocycles. The van der Waals surface area contributed by atoms with Gasteiger partial charge in [-0.15, -0.1) is 5.10 Å². The molecular weight excluding hydrogens is 296 g/mol. The van der Waals surface area contributed by atoms with Crippen molar-refractivity contribution >= 4 is 11.8 Å². The van der Waals surface area contributed by atoms with Crippen molar-refractivity contribution in [1.29, 1.82) is 0 Å². The normalized spacial score (nSPS) is 17.4. The van der Waals surface area contributed by atoms with Crippen molar-refractivity contribution in [3.63, 3.8) is 0 Å². The highest BCUT2D eigenvalue weighted by atomic mass is 32.2.